The van der Waals surface area contributed by atoms with E-state index in [4.69, 9.17) is 0 Å². The highest BCUT2D eigenvalue weighted by molar-refractivity contribution is 8.18. The predicted octanol–water partition coefficient (Wildman–Crippen LogP) is 3.97. The smallest absolute Gasteiger partial charge is 0.268 e. The number of amides is 2. The van der Waals surface area contributed by atoms with Gasteiger partial charge in [0.2, 0.25) is 0 Å². The molecule has 0 aliphatic carbocycles. The Labute approximate surface area is 146 Å². The first-order valence-electron chi connectivity index (χ1n) is 7.19. The third kappa shape index (κ3) is 3.58. The molecule has 1 aliphatic rings. The number of benzene rings is 2. The standard InChI is InChI=1S/C17H11FN2O4S/c18-14-4-2-1-3-12(14)9-15-16(21)19(17(22)25-15)10-11-5-7-13(8-6-11)20(23)24/h1-9H,10H2/b15-9-. The summed E-state index contributed by atoms with van der Waals surface area (Å²) < 4.78 is 13.7. The van der Waals surface area contributed by atoms with Crippen LogP contribution in [0.15, 0.2) is 53.4 Å². The van der Waals surface area contributed by atoms with Gasteiger partial charge in [-0.05, 0) is 29.5 Å². The number of hydrogen-bond acceptors (Lipinski definition) is 5. The molecule has 1 heterocycles. The highest BCUT2D eigenvalue weighted by Crippen LogP contribution is 2.33. The summed E-state index contributed by atoms with van der Waals surface area (Å²) in [5.74, 6) is -0.999. The Morgan fingerprint density at radius 2 is 1.80 bits per heavy atom. The average Bonchev–Trinajstić information content (AvgIpc) is 2.85. The van der Waals surface area contributed by atoms with Crippen molar-refractivity contribution in [2.45, 2.75) is 6.54 Å². The van der Waals surface area contributed by atoms with Crippen molar-refractivity contribution in [1.82, 2.24) is 4.90 Å². The van der Waals surface area contributed by atoms with Crippen molar-refractivity contribution in [3.8, 4) is 0 Å². The summed E-state index contributed by atoms with van der Waals surface area (Å²) >= 11 is 0.736. The van der Waals surface area contributed by atoms with Gasteiger partial charge < -0.3 is 0 Å². The van der Waals surface area contributed by atoms with Gasteiger partial charge in [0.15, 0.2) is 0 Å². The van der Waals surface area contributed by atoms with Crippen molar-refractivity contribution in [1.29, 1.82) is 0 Å². The van der Waals surface area contributed by atoms with Gasteiger partial charge in [0.25, 0.3) is 16.8 Å². The molecule has 0 saturated carbocycles. The largest absolute Gasteiger partial charge is 0.293 e. The molecule has 0 unspecified atom stereocenters. The molecular formula is C17H11FN2O4S. The van der Waals surface area contributed by atoms with Crippen molar-refractivity contribution < 1.29 is 18.9 Å². The zero-order valence-corrected chi connectivity index (χ0v) is 13.5. The zero-order valence-electron chi connectivity index (χ0n) is 12.7. The number of nitro benzene ring substituents is 1. The minimum Gasteiger partial charge on any atom is -0.268 e. The molecule has 1 aliphatic heterocycles. The Morgan fingerprint density at radius 1 is 1.12 bits per heavy atom. The molecule has 1 fully saturated rings. The van der Waals surface area contributed by atoms with E-state index in [9.17, 15) is 24.1 Å². The molecule has 0 radical (unpaired) electrons. The fourth-order valence-electron chi connectivity index (χ4n) is 2.28. The number of thioether (sulfide) groups is 1. The Bertz CT molecular complexity index is 896. The lowest BCUT2D eigenvalue weighted by atomic mass is 10.2. The highest BCUT2D eigenvalue weighted by atomic mass is 32.2. The number of imide groups is 1. The lowest BCUT2D eigenvalue weighted by molar-refractivity contribution is -0.384. The van der Waals surface area contributed by atoms with Crippen LogP contribution in [-0.2, 0) is 11.3 Å². The Morgan fingerprint density at radius 3 is 2.44 bits per heavy atom. The van der Waals surface area contributed by atoms with Gasteiger partial charge in [0.05, 0.1) is 16.4 Å². The molecule has 126 valence electrons. The first-order chi connectivity index (χ1) is 12.0. The van der Waals surface area contributed by atoms with Crippen LogP contribution in [0.3, 0.4) is 0 Å². The van der Waals surface area contributed by atoms with Crippen LogP contribution >= 0.6 is 11.8 Å². The minimum atomic E-state index is -0.527. The molecule has 2 aromatic rings. The number of nitro groups is 1. The van der Waals surface area contributed by atoms with E-state index in [0.29, 0.717) is 5.56 Å². The minimum absolute atomic E-state index is 0.00271. The molecule has 0 bridgehead atoms. The van der Waals surface area contributed by atoms with E-state index in [-0.39, 0.29) is 22.7 Å². The summed E-state index contributed by atoms with van der Waals surface area (Å²) in [5, 5.41) is 10.2. The van der Waals surface area contributed by atoms with E-state index in [1.165, 1.54) is 48.5 Å². The van der Waals surface area contributed by atoms with Gasteiger partial charge in [0, 0.05) is 17.7 Å². The van der Waals surface area contributed by atoms with Crippen molar-refractivity contribution in [2.24, 2.45) is 0 Å². The molecule has 2 amide bonds. The number of nitrogens with zero attached hydrogens (tertiary/aromatic N) is 2. The molecule has 0 spiro atoms. The predicted molar refractivity (Wildman–Crippen MR) is 91.0 cm³/mol. The maximum Gasteiger partial charge on any atom is 0.293 e. The summed E-state index contributed by atoms with van der Waals surface area (Å²) in [4.78, 5) is 35.8. The number of halogens is 1. The van der Waals surface area contributed by atoms with E-state index in [2.05, 4.69) is 0 Å². The lowest BCUT2D eigenvalue weighted by Gasteiger charge is -2.12. The number of rotatable bonds is 4. The Hall–Kier alpha value is -3.00. The van der Waals surface area contributed by atoms with E-state index < -0.39 is 21.9 Å². The van der Waals surface area contributed by atoms with Crippen LogP contribution in [-0.4, -0.2) is 21.0 Å². The van der Waals surface area contributed by atoms with E-state index in [0.717, 1.165) is 16.7 Å². The van der Waals surface area contributed by atoms with E-state index in [1.54, 1.807) is 6.07 Å². The normalized spacial score (nSPS) is 15.9. The number of non-ortho nitro benzene ring substituents is 1. The quantitative estimate of drug-likeness (QED) is 0.469. The van der Waals surface area contributed by atoms with Crippen molar-refractivity contribution >= 4 is 34.7 Å². The third-order valence-electron chi connectivity index (χ3n) is 3.55. The van der Waals surface area contributed by atoms with Gasteiger partial charge in [-0.3, -0.25) is 24.6 Å². The van der Waals surface area contributed by atoms with Crippen LogP contribution < -0.4 is 0 Å². The van der Waals surface area contributed by atoms with Gasteiger partial charge in [-0.15, -0.1) is 0 Å². The Balaban J connectivity index is 1.80. The molecule has 0 atom stereocenters. The molecule has 8 heteroatoms. The molecule has 1 saturated heterocycles. The first-order valence-corrected chi connectivity index (χ1v) is 8.00. The van der Waals surface area contributed by atoms with Gasteiger partial charge in [0.1, 0.15) is 5.82 Å². The maximum absolute atomic E-state index is 13.7. The van der Waals surface area contributed by atoms with Crippen molar-refractivity contribution in [3.63, 3.8) is 0 Å². The summed E-state index contributed by atoms with van der Waals surface area (Å²) in [5.41, 5.74) is 0.737. The van der Waals surface area contributed by atoms with Crippen LogP contribution in [0.4, 0.5) is 14.9 Å². The SMILES string of the molecule is O=C1S/C(=C\c2ccccc2F)C(=O)N1Cc1ccc([N+](=O)[O-])cc1. The fourth-order valence-corrected chi connectivity index (χ4v) is 3.10. The summed E-state index contributed by atoms with van der Waals surface area (Å²) in [7, 11) is 0. The molecule has 3 rings (SSSR count). The van der Waals surface area contributed by atoms with Crippen molar-refractivity contribution in [2.75, 3.05) is 0 Å². The van der Waals surface area contributed by atoms with E-state index >= 15 is 0 Å². The Kier molecular flexibility index (Phi) is 4.62. The molecular weight excluding hydrogens is 347 g/mol. The second-order valence-electron chi connectivity index (χ2n) is 5.21. The summed E-state index contributed by atoms with van der Waals surface area (Å²) in [6, 6.07) is 11.5. The summed E-state index contributed by atoms with van der Waals surface area (Å²) in [6.07, 6.45) is 1.34. The maximum atomic E-state index is 13.7. The third-order valence-corrected chi connectivity index (χ3v) is 4.46. The van der Waals surface area contributed by atoms with Crippen LogP contribution in [0, 0.1) is 15.9 Å². The zero-order chi connectivity index (χ0) is 18.0. The lowest BCUT2D eigenvalue weighted by Crippen LogP contribution is -2.27. The highest BCUT2D eigenvalue weighted by Gasteiger charge is 2.35. The topological polar surface area (TPSA) is 80.5 Å². The fraction of sp³-hybridized carbons (Fsp3) is 0.0588. The molecule has 0 N–H and O–H groups in total. The number of hydrogen-bond donors (Lipinski definition) is 0. The first kappa shape index (κ1) is 16.8. The number of carbonyl (C=O) groups excluding carboxylic acids is 2. The summed E-state index contributed by atoms with van der Waals surface area (Å²) in [6.45, 7) is -0.00271. The molecule has 6 nitrogen and oxygen atoms in total. The molecule has 25 heavy (non-hydrogen) atoms. The van der Waals surface area contributed by atoms with Gasteiger partial charge >= 0.3 is 0 Å². The molecule has 2 aromatic carbocycles. The van der Waals surface area contributed by atoms with Crippen LogP contribution in [0.5, 0.6) is 0 Å². The second-order valence-corrected chi connectivity index (χ2v) is 6.21. The van der Waals surface area contributed by atoms with E-state index in [1.807, 2.05) is 0 Å². The number of carbonyl (C=O) groups is 2. The van der Waals surface area contributed by atoms with Crippen LogP contribution in [0.2, 0.25) is 0 Å². The van der Waals surface area contributed by atoms with Gasteiger partial charge in [-0.25, -0.2) is 4.39 Å². The van der Waals surface area contributed by atoms with Crippen molar-refractivity contribution in [3.05, 3.63) is 80.5 Å². The average molecular weight is 358 g/mol. The molecule has 0 aromatic heterocycles. The second kappa shape index (κ2) is 6.86. The van der Waals surface area contributed by atoms with Crippen LogP contribution in [0.25, 0.3) is 6.08 Å². The van der Waals surface area contributed by atoms with Gasteiger partial charge in [-0.2, -0.15) is 0 Å². The van der Waals surface area contributed by atoms with Gasteiger partial charge in [-0.1, -0.05) is 30.3 Å². The van der Waals surface area contributed by atoms with Crippen LogP contribution in [0.1, 0.15) is 11.1 Å². The monoisotopic (exact) mass is 358 g/mol.